The first-order valence-corrected chi connectivity index (χ1v) is 5.53. The summed E-state index contributed by atoms with van der Waals surface area (Å²) in [6.07, 6.45) is 0.875. The molecule has 0 saturated carbocycles. The molecule has 0 amide bonds. The Morgan fingerprint density at radius 2 is 2.00 bits per heavy atom. The van der Waals surface area contributed by atoms with Crippen molar-refractivity contribution in [1.82, 2.24) is 0 Å². The van der Waals surface area contributed by atoms with Gasteiger partial charge in [0.2, 0.25) is 0 Å². The summed E-state index contributed by atoms with van der Waals surface area (Å²) in [5.41, 5.74) is 1.78. The van der Waals surface area contributed by atoms with Gasteiger partial charge in [0, 0.05) is 11.7 Å². The number of hydrogen-bond donors (Lipinski definition) is 0. The maximum absolute atomic E-state index is 12.5. The van der Waals surface area contributed by atoms with Gasteiger partial charge < -0.3 is 17.8 Å². The molecule has 1 atom stereocenters. The average Bonchev–Trinajstić information content (AvgIpc) is 2.21. The fourth-order valence-electron chi connectivity index (χ4n) is 2.26. The summed E-state index contributed by atoms with van der Waals surface area (Å²) in [5.74, 6) is 0. The van der Waals surface area contributed by atoms with E-state index in [1.54, 1.807) is 12.1 Å². The zero-order chi connectivity index (χ0) is 11.8. The van der Waals surface area contributed by atoms with Crippen LogP contribution in [0.3, 0.4) is 0 Å². The summed E-state index contributed by atoms with van der Waals surface area (Å²) in [7, 11) is 0. The molecule has 0 radical (unpaired) electrons. The smallest absolute Gasteiger partial charge is 0.448 e. The number of benzene rings is 1. The molecule has 16 heavy (non-hydrogen) atoms. The normalized spacial score (nSPS) is 20.8. The van der Waals surface area contributed by atoms with Crippen molar-refractivity contribution in [2.45, 2.75) is 25.8 Å². The monoisotopic (exact) mass is 228 g/mol. The molecule has 88 valence electrons. The lowest BCUT2D eigenvalue weighted by atomic mass is 9.87. The lowest BCUT2D eigenvalue weighted by Gasteiger charge is -2.40. The van der Waals surface area contributed by atoms with Crippen LogP contribution in [0.4, 0.5) is 18.6 Å². The predicted octanol–water partition coefficient (Wildman–Crippen LogP) is 3.21. The minimum Gasteiger partial charge on any atom is -0.448 e. The maximum atomic E-state index is 12.5. The quantitative estimate of drug-likeness (QED) is 0.702. The molecule has 2 rings (SSSR count). The molecule has 0 bridgehead atoms. The van der Waals surface area contributed by atoms with Crippen LogP contribution in [0, 0.1) is 0 Å². The number of halogens is 3. The van der Waals surface area contributed by atoms with Crippen LogP contribution in [0.2, 0.25) is 0 Å². The first kappa shape index (κ1) is 11.4. The van der Waals surface area contributed by atoms with E-state index in [1.807, 2.05) is 19.1 Å². The van der Waals surface area contributed by atoms with Crippen molar-refractivity contribution >= 4 is 12.7 Å². The topological polar surface area (TPSA) is 3.24 Å². The van der Waals surface area contributed by atoms with E-state index in [4.69, 9.17) is 0 Å². The van der Waals surface area contributed by atoms with E-state index in [9.17, 15) is 12.9 Å². The van der Waals surface area contributed by atoms with E-state index < -0.39 is 13.4 Å². The third kappa shape index (κ3) is 2.34. The molecule has 5 heteroatoms. The van der Waals surface area contributed by atoms with E-state index in [2.05, 4.69) is 0 Å². The molecule has 0 N–H and O–H groups in total. The number of aryl methyl sites for hydroxylation is 1. The minimum atomic E-state index is -4.77. The van der Waals surface area contributed by atoms with E-state index in [0.29, 0.717) is 0 Å². The van der Waals surface area contributed by atoms with Gasteiger partial charge in [-0.25, -0.2) is 0 Å². The van der Waals surface area contributed by atoms with Crippen LogP contribution in [-0.4, -0.2) is 19.5 Å². The van der Waals surface area contributed by atoms with Crippen LogP contribution in [0.25, 0.3) is 0 Å². The Morgan fingerprint density at radius 1 is 1.31 bits per heavy atom. The van der Waals surface area contributed by atoms with E-state index in [-0.39, 0.29) is 6.04 Å². The Morgan fingerprint density at radius 3 is 2.69 bits per heavy atom. The first-order chi connectivity index (χ1) is 7.47. The Kier molecular flexibility index (Phi) is 2.87. The number of hydrogen-bond acceptors (Lipinski definition) is 1. The average molecular weight is 228 g/mol. The van der Waals surface area contributed by atoms with E-state index in [1.165, 1.54) is 4.90 Å². The third-order valence-electron chi connectivity index (χ3n) is 3.07. The molecule has 1 unspecified atom stereocenters. The molecule has 0 aliphatic carbocycles. The van der Waals surface area contributed by atoms with Crippen molar-refractivity contribution in [1.29, 1.82) is 0 Å². The molecule has 1 heterocycles. The van der Waals surface area contributed by atoms with Gasteiger partial charge in [-0.05, 0) is 37.8 Å². The molecule has 0 spiro atoms. The van der Waals surface area contributed by atoms with Gasteiger partial charge in [-0.1, -0.05) is 18.2 Å². The molecule has 1 aromatic carbocycles. The van der Waals surface area contributed by atoms with Gasteiger partial charge in [-0.2, -0.15) is 0 Å². The van der Waals surface area contributed by atoms with E-state index in [0.717, 1.165) is 24.1 Å². The zero-order valence-electron chi connectivity index (χ0n) is 9.17. The van der Waals surface area contributed by atoms with Crippen molar-refractivity contribution in [2.75, 3.05) is 11.3 Å². The van der Waals surface area contributed by atoms with Crippen LogP contribution in [-0.2, 0) is 6.42 Å². The zero-order valence-corrected chi connectivity index (χ0v) is 9.17. The molecular formula is C11H14BF3N-. The summed E-state index contributed by atoms with van der Waals surface area (Å²) >= 11 is 0. The van der Waals surface area contributed by atoms with Crippen LogP contribution in [0.5, 0.6) is 0 Å². The molecular weight excluding hydrogens is 214 g/mol. The number of para-hydroxylation sites is 1. The Labute approximate surface area is 93.3 Å². The lowest BCUT2D eigenvalue weighted by molar-refractivity contribution is 0.453. The number of nitrogens with zero attached hydrogens (tertiary/aromatic N) is 1. The summed E-state index contributed by atoms with van der Waals surface area (Å²) in [6.45, 7) is -2.91. The van der Waals surface area contributed by atoms with Gasteiger partial charge in [0.15, 0.2) is 0 Å². The molecule has 0 aromatic heterocycles. The SMILES string of the molecule is CC1CCc2ccccc2N1C[B-](F)(F)F. The minimum absolute atomic E-state index is 0.0293. The first-order valence-electron chi connectivity index (χ1n) is 5.53. The molecule has 1 aromatic rings. The number of fused-ring (bicyclic) bond motifs is 1. The highest BCUT2D eigenvalue weighted by Gasteiger charge is 2.31. The second kappa shape index (κ2) is 4.03. The summed E-state index contributed by atoms with van der Waals surface area (Å²) in [5, 5.41) is 0. The summed E-state index contributed by atoms with van der Waals surface area (Å²) < 4.78 is 37.6. The molecule has 1 nitrogen and oxygen atoms in total. The second-order valence-corrected chi connectivity index (χ2v) is 4.38. The highest BCUT2D eigenvalue weighted by atomic mass is 19.4. The fraction of sp³-hybridized carbons (Fsp3) is 0.455. The van der Waals surface area contributed by atoms with Gasteiger partial charge in [0.05, 0.1) is 0 Å². The van der Waals surface area contributed by atoms with Crippen LogP contribution in [0.1, 0.15) is 18.9 Å². The number of rotatable bonds is 2. The Hall–Kier alpha value is -1.13. The van der Waals surface area contributed by atoms with Gasteiger partial charge in [-0.3, -0.25) is 0 Å². The maximum Gasteiger partial charge on any atom is 0.497 e. The largest absolute Gasteiger partial charge is 0.497 e. The van der Waals surface area contributed by atoms with Crippen molar-refractivity contribution < 1.29 is 12.9 Å². The van der Waals surface area contributed by atoms with Gasteiger partial charge in [-0.15, -0.1) is 0 Å². The standard InChI is InChI=1S/C11H14BF3N/c1-9-6-7-10-4-2-3-5-11(10)16(9)8-12(13,14)15/h2-5,9H,6-8H2,1H3/q-1. The third-order valence-corrected chi connectivity index (χ3v) is 3.07. The Bertz CT molecular complexity index is 378. The number of anilines is 1. The van der Waals surface area contributed by atoms with Crippen molar-refractivity contribution in [3.63, 3.8) is 0 Å². The molecule has 1 aliphatic heterocycles. The Balaban J connectivity index is 2.30. The highest BCUT2D eigenvalue weighted by Crippen LogP contribution is 2.31. The second-order valence-electron chi connectivity index (χ2n) is 4.38. The molecule has 1 aliphatic rings. The van der Waals surface area contributed by atoms with Crippen molar-refractivity contribution in [3.05, 3.63) is 29.8 Å². The highest BCUT2D eigenvalue weighted by molar-refractivity contribution is 6.59. The van der Waals surface area contributed by atoms with E-state index >= 15 is 0 Å². The molecule has 0 saturated heterocycles. The van der Waals surface area contributed by atoms with Gasteiger partial charge in [0.1, 0.15) is 0 Å². The summed E-state index contributed by atoms with van der Waals surface area (Å²) in [6, 6.07) is 7.35. The predicted molar refractivity (Wildman–Crippen MR) is 60.6 cm³/mol. The van der Waals surface area contributed by atoms with Crippen LogP contribution >= 0.6 is 0 Å². The van der Waals surface area contributed by atoms with Crippen molar-refractivity contribution in [3.8, 4) is 0 Å². The van der Waals surface area contributed by atoms with Crippen molar-refractivity contribution in [2.24, 2.45) is 0 Å². The lowest BCUT2D eigenvalue weighted by Crippen LogP contribution is -2.45. The fourth-order valence-corrected chi connectivity index (χ4v) is 2.26. The van der Waals surface area contributed by atoms with Crippen LogP contribution in [0.15, 0.2) is 24.3 Å². The van der Waals surface area contributed by atoms with Gasteiger partial charge >= 0.3 is 6.98 Å². The van der Waals surface area contributed by atoms with Gasteiger partial charge in [0.25, 0.3) is 0 Å². The molecule has 0 fully saturated rings. The summed E-state index contributed by atoms with van der Waals surface area (Å²) in [4.78, 5) is 1.48. The van der Waals surface area contributed by atoms with Crippen LogP contribution < -0.4 is 4.90 Å².